The van der Waals surface area contributed by atoms with Gasteiger partial charge in [-0.3, -0.25) is 4.79 Å². The molecule has 6 nitrogen and oxygen atoms in total. The van der Waals surface area contributed by atoms with E-state index in [-0.39, 0.29) is 27.8 Å². The maximum absolute atomic E-state index is 12.4. The highest BCUT2D eigenvalue weighted by Gasteiger charge is 2.17. The Morgan fingerprint density at radius 3 is 2.48 bits per heavy atom. The maximum Gasteiger partial charge on any atom is 0.352 e. The van der Waals surface area contributed by atoms with Gasteiger partial charge in [0, 0.05) is 10.9 Å². The standard InChI is InChI=1S/C15H15NO5/c1-2-3-4-10-12(15(20)21)16-11-7-8(14(18)19)5-6-9(11)13(10)17/h5-7H,2-4H2,1H3,(H,16,17)(H,18,19)(H,20,21). The molecule has 21 heavy (non-hydrogen) atoms. The molecule has 0 amide bonds. The van der Waals surface area contributed by atoms with Crippen LogP contribution >= 0.6 is 0 Å². The molecule has 0 spiro atoms. The van der Waals surface area contributed by atoms with E-state index in [1.807, 2.05) is 6.92 Å². The number of carboxylic acids is 2. The summed E-state index contributed by atoms with van der Waals surface area (Å²) in [4.78, 5) is 37.3. The molecule has 0 unspecified atom stereocenters. The van der Waals surface area contributed by atoms with Gasteiger partial charge < -0.3 is 15.2 Å². The SMILES string of the molecule is CCCCc1c(C(=O)O)[nH]c2cc(C(=O)O)ccc2c1=O. The Hall–Kier alpha value is -2.63. The lowest BCUT2D eigenvalue weighted by Gasteiger charge is -2.08. The zero-order valence-corrected chi connectivity index (χ0v) is 11.5. The summed E-state index contributed by atoms with van der Waals surface area (Å²) in [5, 5.41) is 18.5. The van der Waals surface area contributed by atoms with Gasteiger partial charge in [0.05, 0.1) is 11.1 Å². The zero-order valence-electron chi connectivity index (χ0n) is 11.5. The van der Waals surface area contributed by atoms with Crippen molar-refractivity contribution in [2.24, 2.45) is 0 Å². The van der Waals surface area contributed by atoms with Gasteiger partial charge in [-0.25, -0.2) is 9.59 Å². The largest absolute Gasteiger partial charge is 0.478 e. The second-order valence-electron chi connectivity index (χ2n) is 4.78. The minimum atomic E-state index is -1.22. The quantitative estimate of drug-likeness (QED) is 0.782. The Balaban J connectivity index is 2.74. The molecule has 2 aromatic rings. The summed E-state index contributed by atoms with van der Waals surface area (Å²) >= 11 is 0. The molecule has 1 aromatic heterocycles. The number of aromatic carboxylic acids is 2. The Labute approximate surface area is 120 Å². The normalized spacial score (nSPS) is 10.7. The highest BCUT2D eigenvalue weighted by atomic mass is 16.4. The summed E-state index contributed by atoms with van der Waals surface area (Å²) in [5.41, 5.74) is -0.0664. The average molecular weight is 289 g/mol. The van der Waals surface area contributed by atoms with Gasteiger partial charge in [-0.2, -0.15) is 0 Å². The van der Waals surface area contributed by atoms with Gasteiger partial charge in [-0.1, -0.05) is 13.3 Å². The molecule has 0 aliphatic heterocycles. The number of unbranched alkanes of at least 4 members (excludes halogenated alkanes) is 1. The first-order valence-electron chi connectivity index (χ1n) is 6.61. The molecule has 0 aliphatic carbocycles. The fourth-order valence-corrected chi connectivity index (χ4v) is 2.24. The van der Waals surface area contributed by atoms with Crippen molar-refractivity contribution in [2.45, 2.75) is 26.2 Å². The molecule has 1 heterocycles. The summed E-state index contributed by atoms with van der Waals surface area (Å²) in [6, 6.07) is 4.03. The summed E-state index contributed by atoms with van der Waals surface area (Å²) in [6.07, 6.45) is 1.93. The van der Waals surface area contributed by atoms with E-state index in [0.29, 0.717) is 18.2 Å². The molecule has 0 fully saturated rings. The number of aromatic nitrogens is 1. The number of aromatic amines is 1. The molecule has 0 saturated carbocycles. The van der Waals surface area contributed by atoms with Crippen molar-refractivity contribution in [1.29, 1.82) is 0 Å². The number of carboxylic acid groups (broad SMARTS) is 2. The molecule has 0 bridgehead atoms. The van der Waals surface area contributed by atoms with Crippen molar-refractivity contribution in [3.05, 3.63) is 45.2 Å². The van der Waals surface area contributed by atoms with Crippen LogP contribution in [0.25, 0.3) is 10.9 Å². The number of nitrogens with one attached hydrogen (secondary N) is 1. The van der Waals surface area contributed by atoms with Gasteiger partial charge in [0.1, 0.15) is 5.69 Å². The highest BCUT2D eigenvalue weighted by Crippen LogP contribution is 2.16. The van der Waals surface area contributed by atoms with Crippen LogP contribution in [0, 0.1) is 0 Å². The van der Waals surface area contributed by atoms with Crippen LogP contribution in [-0.4, -0.2) is 27.1 Å². The second-order valence-corrected chi connectivity index (χ2v) is 4.78. The number of pyridine rings is 1. The van der Waals surface area contributed by atoms with E-state index in [1.165, 1.54) is 18.2 Å². The van der Waals surface area contributed by atoms with E-state index in [9.17, 15) is 19.5 Å². The van der Waals surface area contributed by atoms with Crippen molar-refractivity contribution >= 4 is 22.8 Å². The average Bonchev–Trinajstić information content (AvgIpc) is 2.45. The van der Waals surface area contributed by atoms with Crippen LogP contribution in [0.2, 0.25) is 0 Å². The molecule has 0 saturated heterocycles. The van der Waals surface area contributed by atoms with Crippen LogP contribution in [-0.2, 0) is 6.42 Å². The summed E-state index contributed by atoms with van der Waals surface area (Å²) in [6.45, 7) is 1.95. The van der Waals surface area contributed by atoms with Gasteiger partial charge in [0.2, 0.25) is 0 Å². The van der Waals surface area contributed by atoms with Crippen molar-refractivity contribution < 1.29 is 19.8 Å². The molecule has 2 rings (SSSR count). The van der Waals surface area contributed by atoms with Crippen molar-refractivity contribution in [1.82, 2.24) is 4.98 Å². The van der Waals surface area contributed by atoms with E-state index in [0.717, 1.165) is 6.42 Å². The minimum absolute atomic E-state index is 0.00389. The number of benzene rings is 1. The monoisotopic (exact) mass is 289 g/mol. The summed E-state index contributed by atoms with van der Waals surface area (Å²) < 4.78 is 0. The van der Waals surface area contributed by atoms with Crippen LogP contribution < -0.4 is 5.43 Å². The molecule has 110 valence electrons. The van der Waals surface area contributed by atoms with Gasteiger partial charge in [0.25, 0.3) is 0 Å². The fourth-order valence-electron chi connectivity index (χ4n) is 2.24. The first kappa shape index (κ1) is 14.8. The lowest BCUT2D eigenvalue weighted by molar-refractivity contribution is 0.0682. The van der Waals surface area contributed by atoms with E-state index < -0.39 is 11.9 Å². The second kappa shape index (κ2) is 5.78. The molecule has 0 atom stereocenters. The number of hydrogen-bond donors (Lipinski definition) is 3. The van der Waals surface area contributed by atoms with Gasteiger partial charge in [-0.15, -0.1) is 0 Å². The van der Waals surface area contributed by atoms with Crippen LogP contribution in [0.4, 0.5) is 0 Å². The van der Waals surface area contributed by atoms with Crippen LogP contribution in [0.3, 0.4) is 0 Å². The van der Waals surface area contributed by atoms with E-state index in [1.54, 1.807) is 0 Å². The Morgan fingerprint density at radius 1 is 1.19 bits per heavy atom. The molecule has 0 aliphatic rings. The molecule has 0 radical (unpaired) electrons. The summed E-state index contributed by atoms with van der Waals surface area (Å²) in [5.74, 6) is -2.36. The lowest BCUT2D eigenvalue weighted by Crippen LogP contribution is -2.18. The highest BCUT2D eigenvalue weighted by molar-refractivity contribution is 5.95. The third-order valence-electron chi connectivity index (χ3n) is 3.34. The van der Waals surface area contributed by atoms with E-state index in [2.05, 4.69) is 4.98 Å². The fraction of sp³-hybridized carbons (Fsp3) is 0.267. The first-order valence-corrected chi connectivity index (χ1v) is 6.61. The third-order valence-corrected chi connectivity index (χ3v) is 3.34. The number of hydrogen-bond acceptors (Lipinski definition) is 3. The van der Waals surface area contributed by atoms with Crippen LogP contribution in [0.15, 0.2) is 23.0 Å². The van der Waals surface area contributed by atoms with Crippen molar-refractivity contribution in [3.63, 3.8) is 0 Å². The number of fused-ring (bicyclic) bond motifs is 1. The Bertz CT molecular complexity index is 775. The minimum Gasteiger partial charge on any atom is -0.478 e. The smallest absolute Gasteiger partial charge is 0.352 e. The molecule has 6 heteroatoms. The molecule has 1 aromatic carbocycles. The van der Waals surface area contributed by atoms with Gasteiger partial charge in [0.15, 0.2) is 5.43 Å². The number of H-pyrrole nitrogens is 1. The predicted octanol–water partition coefficient (Wildman–Crippen LogP) is 2.27. The maximum atomic E-state index is 12.4. The Kier molecular flexibility index (Phi) is 4.07. The van der Waals surface area contributed by atoms with E-state index >= 15 is 0 Å². The van der Waals surface area contributed by atoms with Gasteiger partial charge >= 0.3 is 11.9 Å². The number of rotatable bonds is 5. The molecular weight excluding hydrogens is 274 g/mol. The predicted molar refractivity (Wildman–Crippen MR) is 77.1 cm³/mol. The lowest BCUT2D eigenvalue weighted by atomic mass is 10.0. The third kappa shape index (κ3) is 2.79. The summed E-state index contributed by atoms with van der Waals surface area (Å²) in [7, 11) is 0. The topological polar surface area (TPSA) is 107 Å². The van der Waals surface area contributed by atoms with Crippen LogP contribution in [0.1, 0.15) is 46.2 Å². The molecular formula is C15H15NO5. The molecule has 3 N–H and O–H groups in total. The zero-order chi connectivity index (χ0) is 15.6. The Morgan fingerprint density at radius 2 is 1.90 bits per heavy atom. The van der Waals surface area contributed by atoms with E-state index in [4.69, 9.17) is 5.11 Å². The van der Waals surface area contributed by atoms with Crippen molar-refractivity contribution in [2.75, 3.05) is 0 Å². The van der Waals surface area contributed by atoms with Crippen LogP contribution in [0.5, 0.6) is 0 Å². The van der Waals surface area contributed by atoms with Crippen molar-refractivity contribution in [3.8, 4) is 0 Å². The first-order chi connectivity index (χ1) is 9.95. The number of carbonyl (C=O) groups is 2. The van der Waals surface area contributed by atoms with Gasteiger partial charge in [-0.05, 0) is 31.0 Å².